The number of benzene rings is 3. The van der Waals surface area contributed by atoms with Crippen LogP contribution in [0.5, 0.6) is 17.2 Å². The van der Waals surface area contributed by atoms with E-state index in [0.717, 1.165) is 5.56 Å². The second-order valence-corrected chi connectivity index (χ2v) is 6.38. The molecule has 0 bridgehead atoms. The Morgan fingerprint density at radius 1 is 0.893 bits per heavy atom. The van der Waals surface area contributed by atoms with E-state index in [4.69, 9.17) is 25.8 Å². The zero-order valence-electron chi connectivity index (χ0n) is 15.6. The Balaban J connectivity index is 1.75. The highest BCUT2D eigenvalue weighted by molar-refractivity contribution is 6.31. The Labute approximate surface area is 168 Å². The molecule has 0 aliphatic heterocycles. The van der Waals surface area contributed by atoms with E-state index < -0.39 is 0 Å². The third-order valence-corrected chi connectivity index (χ3v) is 4.31. The fourth-order valence-corrected chi connectivity index (χ4v) is 2.81. The highest BCUT2D eigenvalue weighted by Crippen LogP contribution is 2.31. The van der Waals surface area contributed by atoms with Gasteiger partial charge in [-0.1, -0.05) is 41.9 Å². The van der Waals surface area contributed by atoms with Crippen molar-refractivity contribution in [3.05, 3.63) is 82.9 Å². The molecule has 0 saturated carbocycles. The van der Waals surface area contributed by atoms with Crippen molar-refractivity contribution in [1.29, 1.82) is 0 Å². The van der Waals surface area contributed by atoms with Crippen LogP contribution in [0.15, 0.2) is 66.7 Å². The van der Waals surface area contributed by atoms with Crippen molar-refractivity contribution in [3.63, 3.8) is 0 Å². The van der Waals surface area contributed by atoms with Crippen molar-refractivity contribution in [2.24, 2.45) is 0 Å². The van der Waals surface area contributed by atoms with Gasteiger partial charge in [0, 0.05) is 10.6 Å². The van der Waals surface area contributed by atoms with Crippen LogP contribution in [0, 0.1) is 0 Å². The van der Waals surface area contributed by atoms with Gasteiger partial charge in [-0.15, -0.1) is 0 Å². The van der Waals surface area contributed by atoms with Gasteiger partial charge in [0.1, 0.15) is 12.4 Å². The van der Waals surface area contributed by atoms with Crippen LogP contribution in [0.2, 0.25) is 5.02 Å². The molecule has 28 heavy (non-hydrogen) atoms. The standard InChI is InChI=1S/C22H20ClNO4/c1-26-19-11-9-17(23)13-18(19)24-22(25)16-8-10-20(21(12-16)27-2)28-14-15-6-4-3-5-7-15/h3-13H,14H2,1-2H3,(H,24,25). The second-order valence-electron chi connectivity index (χ2n) is 5.94. The molecule has 0 radical (unpaired) electrons. The van der Waals surface area contributed by atoms with E-state index in [9.17, 15) is 4.79 Å². The maximum absolute atomic E-state index is 12.6. The summed E-state index contributed by atoms with van der Waals surface area (Å²) in [6, 6.07) is 19.9. The average molecular weight is 398 g/mol. The second kappa shape index (κ2) is 9.15. The molecule has 0 heterocycles. The van der Waals surface area contributed by atoms with Crippen LogP contribution in [-0.4, -0.2) is 20.1 Å². The van der Waals surface area contributed by atoms with Crippen LogP contribution in [0.25, 0.3) is 0 Å². The minimum atomic E-state index is -0.312. The van der Waals surface area contributed by atoms with E-state index in [-0.39, 0.29) is 5.91 Å². The number of methoxy groups -OCH3 is 2. The molecule has 0 aromatic heterocycles. The topological polar surface area (TPSA) is 56.8 Å². The normalized spacial score (nSPS) is 10.2. The molecule has 0 saturated heterocycles. The van der Waals surface area contributed by atoms with E-state index in [1.54, 1.807) is 36.4 Å². The number of hydrogen-bond donors (Lipinski definition) is 1. The molecule has 1 N–H and O–H groups in total. The predicted octanol–water partition coefficient (Wildman–Crippen LogP) is 5.19. The fraction of sp³-hybridized carbons (Fsp3) is 0.136. The van der Waals surface area contributed by atoms with Gasteiger partial charge in [-0.2, -0.15) is 0 Å². The van der Waals surface area contributed by atoms with Crippen molar-refractivity contribution in [1.82, 2.24) is 0 Å². The van der Waals surface area contributed by atoms with E-state index in [2.05, 4.69) is 5.32 Å². The van der Waals surface area contributed by atoms with Crippen molar-refractivity contribution >= 4 is 23.2 Å². The molecule has 0 aliphatic rings. The average Bonchev–Trinajstić information content (AvgIpc) is 2.73. The van der Waals surface area contributed by atoms with Crippen LogP contribution in [0.1, 0.15) is 15.9 Å². The van der Waals surface area contributed by atoms with Crippen LogP contribution >= 0.6 is 11.6 Å². The van der Waals surface area contributed by atoms with Gasteiger partial charge in [0.05, 0.1) is 19.9 Å². The molecular formula is C22H20ClNO4. The first kappa shape index (κ1) is 19.6. The zero-order chi connectivity index (χ0) is 19.9. The first-order valence-corrected chi connectivity index (χ1v) is 8.98. The lowest BCUT2D eigenvalue weighted by molar-refractivity contribution is 0.102. The number of nitrogens with one attached hydrogen (secondary N) is 1. The minimum Gasteiger partial charge on any atom is -0.495 e. The largest absolute Gasteiger partial charge is 0.495 e. The molecule has 144 valence electrons. The molecule has 1 amide bonds. The van der Waals surface area contributed by atoms with Crippen LogP contribution < -0.4 is 19.5 Å². The van der Waals surface area contributed by atoms with Crippen molar-refractivity contribution in [2.75, 3.05) is 19.5 Å². The molecule has 0 unspecified atom stereocenters. The van der Waals surface area contributed by atoms with E-state index in [1.807, 2.05) is 30.3 Å². The number of anilines is 1. The number of rotatable bonds is 7. The summed E-state index contributed by atoms with van der Waals surface area (Å²) in [5.74, 6) is 1.24. The first-order chi connectivity index (χ1) is 13.6. The lowest BCUT2D eigenvalue weighted by Gasteiger charge is -2.13. The summed E-state index contributed by atoms with van der Waals surface area (Å²) in [7, 11) is 3.06. The fourth-order valence-electron chi connectivity index (χ4n) is 2.64. The van der Waals surface area contributed by atoms with Gasteiger partial charge < -0.3 is 19.5 Å². The number of hydrogen-bond acceptors (Lipinski definition) is 4. The number of carbonyl (C=O) groups is 1. The Morgan fingerprint density at radius 3 is 2.32 bits per heavy atom. The van der Waals surface area contributed by atoms with E-state index in [0.29, 0.717) is 40.1 Å². The molecule has 3 rings (SSSR count). The van der Waals surface area contributed by atoms with E-state index in [1.165, 1.54) is 14.2 Å². The van der Waals surface area contributed by atoms with Gasteiger partial charge >= 0.3 is 0 Å². The van der Waals surface area contributed by atoms with Crippen LogP contribution in [0.3, 0.4) is 0 Å². The molecule has 0 aliphatic carbocycles. The predicted molar refractivity (Wildman–Crippen MR) is 110 cm³/mol. The zero-order valence-corrected chi connectivity index (χ0v) is 16.3. The molecular weight excluding hydrogens is 378 g/mol. The lowest BCUT2D eigenvalue weighted by atomic mass is 10.1. The highest BCUT2D eigenvalue weighted by atomic mass is 35.5. The molecule has 0 fully saturated rings. The number of halogens is 1. The molecule has 0 spiro atoms. The van der Waals surface area contributed by atoms with Crippen molar-refractivity contribution in [2.45, 2.75) is 6.61 Å². The monoisotopic (exact) mass is 397 g/mol. The summed E-state index contributed by atoms with van der Waals surface area (Å²) >= 11 is 6.01. The summed E-state index contributed by atoms with van der Waals surface area (Å²) in [6.07, 6.45) is 0. The Bertz CT molecular complexity index is 960. The summed E-state index contributed by atoms with van der Waals surface area (Å²) < 4.78 is 16.5. The quantitative estimate of drug-likeness (QED) is 0.596. The summed E-state index contributed by atoms with van der Waals surface area (Å²) in [5.41, 5.74) is 1.95. The molecule has 3 aromatic rings. The van der Waals surface area contributed by atoms with Gasteiger partial charge in [-0.05, 0) is 42.0 Å². The number of amides is 1. The molecule has 0 atom stereocenters. The third kappa shape index (κ3) is 4.75. The van der Waals surface area contributed by atoms with E-state index >= 15 is 0 Å². The molecule has 6 heteroatoms. The third-order valence-electron chi connectivity index (χ3n) is 4.07. The Hall–Kier alpha value is -3.18. The SMILES string of the molecule is COc1ccc(Cl)cc1NC(=O)c1ccc(OCc2ccccc2)c(OC)c1. The van der Waals surface area contributed by atoms with Crippen molar-refractivity contribution < 1.29 is 19.0 Å². The summed E-state index contributed by atoms with van der Waals surface area (Å²) in [6.45, 7) is 0.405. The molecule has 3 aromatic carbocycles. The van der Waals surface area contributed by atoms with Crippen molar-refractivity contribution in [3.8, 4) is 17.2 Å². The smallest absolute Gasteiger partial charge is 0.255 e. The Kier molecular flexibility index (Phi) is 6.40. The maximum Gasteiger partial charge on any atom is 0.255 e. The van der Waals surface area contributed by atoms with Gasteiger partial charge in [0.15, 0.2) is 11.5 Å². The maximum atomic E-state index is 12.6. The number of carbonyl (C=O) groups excluding carboxylic acids is 1. The number of ether oxygens (including phenoxy) is 3. The van der Waals surface area contributed by atoms with Gasteiger partial charge in [0.25, 0.3) is 5.91 Å². The van der Waals surface area contributed by atoms with Gasteiger partial charge in [-0.25, -0.2) is 0 Å². The van der Waals surface area contributed by atoms with Crippen LogP contribution in [-0.2, 0) is 6.61 Å². The van der Waals surface area contributed by atoms with Gasteiger partial charge in [-0.3, -0.25) is 4.79 Å². The first-order valence-electron chi connectivity index (χ1n) is 8.60. The summed E-state index contributed by atoms with van der Waals surface area (Å²) in [4.78, 5) is 12.6. The Morgan fingerprint density at radius 2 is 1.61 bits per heavy atom. The lowest BCUT2D eigenvalue weighted by Crippen LogP contribution is -2.13. The molecule has 5 nitrogen and oxygen atoms in total. The minimum absolute atomic E-state index is 0.312. The highest BCUT2D eigenvalue weighted by Gasteiger charge is 2.14. The van der Waals surface area contributed by atoms with Gasteiger partial charge in [0.2, 0.25) is 0 Å². The summed E-state index contributed by atoms with van der Waals surface area (Å²) in [5, 5.41) is 3.30. The van der Waals surface area contributed by atoms with Crippen LogP contribution in [0.4, 0.5) is 5.69 Å².